The predicted octanol–water partition coefficient (Wildman–Crippen LogP) is 4.69. The van der Waals surface area contributed by atoms with E-state index in [2.05, 4.69) is 42.6 Å². The van der Waals surface area contributed by atoms with E-state index in [0.717, 1.165) is 17.7 Å². The Kier molecular flexibility index (Phi) is 12.7. The van der Waals surface area contributed by atoms with Crippen LogP contribution in [0.15, 0.2) is 48.7 Å². The van der Waals surface area contributed by atoms with E-state index < -0.39 is 0 Å². The second-order valence-corrected chi connectivity index (χ2v) is 10.6. The number of hydrogen-bond acceptors (Lipinski definition) is 6. The summed E-state index contributed by atoms with van der Waals surface area (Å²) in [5.41, 5.74) is 9.41. The molecule has 2 aromatic heterocycles. The number of para-hydroxylation sites is 1. The van der Waals surface area contributed by atoms with Crippen LogP contribution in [0.25, 0.3) is 22.7 Å². The van der Waals surface area contributed by atoms with Gasteiger partial charge in [-0.15, -0.1) is 35.6 Å². The molecule has 0 saturated heterocycles. The van der Waals surface area contributed by atoms with Gasteiger partial charge in [-0.25, -0.2) is 9.97 Å². The summed E-state index contributed by atoms with van der Waals surface area (Å²) >= 11 is 12.0. The molecule has 0 aliphatic carbocycles. The molecule has 0 unspecified atom stereocenters. The highest BCUT2D eigenvalue weighted by molar-refractivity contribution is 6.18. The molecule has 11 nitrogen and oxygen atoms in total. The first kappa shape index (κ1) is 33.7. The van der Waals surface area contributed by atoms with Crippen LogP contribution in [0.5, 0.6) is 0 Å². The lowest BCUT2D eigenvalue weighted by molar-refractivity contribution is -0.116. The number of nitrogens with one attached hydrogen (secondary N) is 4. The summed E-state index contributed by atoms with van der Waals surface area (Å²) < 4.78 is 1.78. The Morgan fingerprint density at radius 3 is 2.56 bits per heavy atom. The van der Waals surface area contributed by atoms with E-state index in [9.17, 15) is 9.59 Å². The number of fused-ring (bicyclic) bond motifs is 1. The Bertz CT molecular complexity index is 1550. The fraction of sp³-hybridized carbons (Fsp3) is 0.345. The van der Waals surface area contributed by atoms with Crippen LogP contribution in [-0.2, 0) is 18.3 Å². The molecule has 4 rings (SSSR count). The van der Waals surface area contributed by atoms with Gasteiger partial charge < -0.3 is 30.8 Å². The zero-order chi connectivity index (χ0) is 30.1. The quantitative estimate of drug-likeness (QED) is 0.0715. The van der Waals surface area contributed by atoms with Crippen LogP contribution in [0.1, 0.15) is 35.2 Å². The molecule has 14 heteroatoms. The van der Waals surface area contributed by atoms with Crippen LogP contribution < -0.4 is 21.3 Å². The number of nitrogens with zero attached hydrogens (tertiary/aromatic N) is 4. The summed E-state index contributed by atoms with van der Waals surface area (Å²) in [7, 11) is 1.82. The molecule has 0 bridgehead atoms. The highest BCUT2D eigenvalue weighted by Gasteiger charge is 2.16. The van der Waals surface area contributed by atoms with E-state index in [1.54, 1.807) is 29.0 Å². The number of aromatic amines is 1. The average molecular weight is 649 g/mol. The highest BCUT2D eigenvalue weighted by atomic mass is 35.5. The van der Waals surface area contributed by atoms with Gasteiger partial charge in [-0.3, -0.25) is 15.0 Å². The van der Waals surface area contributed by atoms with Crippen LogP contribution in [0.2, 0.25) is 0 Å². The smallest absolute Gasteiger partial charge is 0.251 e. The van der Waals surface area contributed by atoms with E-state index in [-0.39, 0.29) is 43.0 Å². The zero-order valence-corrected chi connectivity index (χ0v) is 26.2. The molecule has 2 aromatic carbocycles. The summed E-state index contributed by atoms with van der Waals surface area (Å²) in [6, 6.07) is 13.3. The Balaban J connectivity index is 0.00000506. The number of amidine groups is 1. The molecule has 0 aliphatic rings. The first-order chi connectivity index (χ1) is 20.3. The zero-order valence-electron chi connectivity index (χ0n) is 23.8. The minimum atomic E-state index is -0.261. The molecular formula is C29H36Cl3N9O2. The number of anilines is 2. The van der Waals surface area contributed by atoms with Crippen LogP contribution in [0, 0.1) is 5.41 Å². The summed E-state index contributed by atoms with van der Waals surface area (Å²) in [6.45, 7) is 1.70. The Morgan fingerprint density at radius 2 is 1.84 bits per heavy atom. The molecule has 0 saturated carbocycles. The van der Waals surface area contributed by atoms with Crippen molar-refractivity contribution in [2.75, 3.05) is 41.6 Å². The maximum Gasteiger partial charge on any atom is 0.251 e. The number of aromatic nitrogens is 4. The number of benzene rings is 2. The predicted molar refractivity (Wildman–Crippen MR) is 176 cm³/mol. The number of halogens is 3. The largest absolute Gasteiger partial charge is 0.388 e. The maximum atomic E-state index is 12.8. The number of H-pyrrole nitrogens is 1. The van der Waals surface area contributed by atoms with Crippen molar-refractivity contribution < 1.29 is 9.59 Å². The fourth-order valence-corrected chi connectivity index (χ4v) is 5.06. The summed E-state index contributed by atoms with van der Waals surface area (Å²) in [5, 5.41) is 12.9. The van der Waals surface area contributed by atoms with Gasteiger partial charge in [-0.05, 0) is 42.7 Å². The number of aryl methyl sites for hydroxylation is 2. The van der Waals surface area contributed by atoms with E-state index >= 15 is 0 Å². The first-order valence-corrected chi connectivity index (χ1v) is 14.7. The van der Waals surface area contributed by atoms with Gasteiger partial charge in [0.05, 0.1) is 16.9 Å². The summed E-state index contributed by atoms with van der Waals surface area (Å²) in [5.74, 6) is 2.13. The van der Waals surface area contributed by atoms with Crippen molar-refractivity contribution in [2.24, 2.45) is 12.8 Å². The third kappa shape index (κ3) is 9.09. The molecule has 2 amide bonds. The van der Waals surface area contributed by atoms with E-state index in [0.29, 0.717) is 71.8 Å². The number of carbonyl (C=O) groups is 2. The number of alkyl halides is 2. The van der Waals surface area contributed by atoms with Gasteiger partial charge in [-0.2, -0.15) is 0 Å². The van der Waals surface area contributed by atoms with Crippen molar-refractivity contribution >= 4 is 75.8 Å². The normalized spacial score (nSPS) is 10.8. The van der Waals surface area contributed by atoms with Crippen LogP contribution in [0.4, 0.5) is 11.5 Å². The maximum absolute atomic E-state index is 12.8. The second-order valence-electron chi connectivity index (χ2n) is 9.80. The van der Waals surface area contributed by atoms with Gasteiger partial charge in [0.15, 0.2) is 17.5 Å². The van der Waals surface area contributed by atoms with Crippen molar-refractivity contribution in [3.8, 4) is 11.6 Å². The molecular weight excluding hydrogens is 613 g/mol. The lowest BCUT2D eigenvalue weighted by Gasteiger charge is -2.25. The van der Waals surface area contributed by atoms with Gasteiger partial charge in [0.1, 0.15) is 0 Å². The van der Waals surface area contributed by atoms with E-state index in [1.165, 1.54) is 0 Å². The average Bonchev–Trinajstić information content (AvgIpc) is 3.55. The topological polar surface area (TPSA) is 158 Å². The molecule has 0 atom stereocenters. The molecule has 0 radical (unpaired) electrons. The lowest BCUT2D eigenvalue weighted by Crippen LogP contribution is -2.28. The highest BCUT2D eigenvalue weighted by Crippen LogP contribution is 2.24. The molecule has 0 fully saturated rings. The van der Waals surface area contributed by atoms with Crippen LogP contribution in [0.3, 0.4) is 0 Å². The number of carbonyl (C=O) groups excluding carboxylic acids is 2. The fourth-order valence-electron chi connectivity index (χ4n) is 4.65. The van der Waals surface area contributed by atoms with Crippen molar-refractivity contribution in [3.05, 3.63) is 59.8 Å². The van der Waals surface area contributed by atoms with Crippen molar-refractivity contribution in [2.45, 2.75) is 25.7 Å². The van der Waals surface area contributed by atoms with Crippen molar-refractivity contribution in [1.29, 1.82) is 5.41 Å². The standard InChI is InChI=1S/C29H35Cl2N9O2.ClH/c1-39-18-25(37-26(41)8-4-6-19-5-2-3-7-23(19)40(15-12-30)16-13-31)38-28(39)27-35-21-10-9-20(17-22(21)36-27)29(42)34-14-11-24(32)33;/h2-3,5,7,9-10,17-18H,4,6,8,11-16H2,1H3,(H3,32,33)(H,34,42)(H,35,36)(H,37,41);1H. The molecule has 2 heterocycles. The van der Waals surface area contributed by atoms with Gasteiger partial charge in [-0.1, -0.05) is 18.2 Å². The molecule has 0 spiro atoms. The Labute approximate surface area is 266 Å². The number of imidazole rings is 2. The molecule has 4 aromatic rings. The minimum absolute atomic E-state index is 0. The summed E-state index contributed by atoms with van der Waals surface area (Å²) in [4.78, 5) is 39.8. The molecule has 43 heavy (non-hydrogen) atoms. The second kappa shape index (κ2) is 16.2. The minimum Gasteiger partial charge on any atom is -0.388 e. The van der Waals surface area contributed by atoms with Crippen molar-refractivity contribution in [1.82, 2.24) is 24.8 Å². The number of amides is 2. The lowest BCUT2D eigenvalue weighted by atomic mass is 10.0. The van der Waals surface area contributed by atoms with Crippen molar-refractivity contribution in [3.63, 3.8) is 0 Å². The third-order valence-corrected chi connectivity index (χ3v) is 7.01. The van der Waals surface area contributed by atoms with Gasteiger partial charge in [0.25, 0.3) is 5.91 Å². The number of rotatable bonds is 15. The van der Waals surface area contributed by atoms with Crippen LogP contribution >= 0.6 is 35.6 Å². The van der Waals surface area contributed by atoms with Gasteiger partial charge in [0.2, 0.25) is 5.91 Å². The SMILES string of the molecule is Cl.Cn1cc(NC(=O)CCCc2ccccc2N(CCCl)CCCl)nc1-c1nc2ccc(C(=O)NCCC(=N)N)cc2[nH]1. The van der Waals surface area contributed by atoms with E-state index in [4.69, 9.17) is 34.3 Å². The van der Waals surface area contributed by atoms with Gasteiger partial charge >= 0.3 is 0 Å². The number of nitrogens with two attached hydrogens (primary N) is 1. The first-order valence-electron chi connectivity index (χ1n) is 13.7. The van der Waals surface area contributed by atoms with Crippen LogP contribution in [-0.4, -0.2) is 68.6 Å². The Hall–Kier alpha value is -3.80. The molecule has 0 aliphatic heterocycles. The van der Waals surface area contributed by atoms with Gasteiger partial charge in [0, 0.05) is 68.7 Å². The molecule has 230 valence electrons. The number of hydrogen-bond donors (Lipinski definition) is 5. The summed E-state index contributed by atoms with van der Waals surface area (Å²) in [6.07, 6.45) is 3.78. The molecule has 6 N–H and O–H groups in total. The Morgan fingerprint density at radius 1 is 1.09 bits per heavy atom. The van der Waals surface area contributed by atoms with E-state index in [1.807, 2.05) is 19.2 Å². The third-order valence-electron chi connectivity index (χ3n) is 6.67. The monoisotopic (exact) mass is 647 g/mol.